The molecule has 1 heterocycles. The fraction of sp³-hybridized carbons (Fsp3) is 0.867. The van der Waals surface area contributed by atoms with E-state index in [9.17, 15) is 9.59 Å². The number of rotatable bonds is 2. The predicted octanol–water partition coefficient (Wildman–Crippen LogP) is 2.55. The van der Waals surface area contributed by atoms with Gasteiger partial charge in [0.1, 0.15) is 11.6 Å². The van der Waals surface area contributed by atoms with Crippen molar-refractivity contribution in [2.45, 2.75) is 66.0 Å². The molecule has 5 heteroatoms. The lowest BCUT2D eigenvalue weighted by molar-refractivity contribution is -0.136. The summed E-state index contributed by atoms with van der Waals surface area (Å²) in [7, 11) is 0. The number of amides is 2. The van der Waals surface area contributed by atoms with Gasteiger partial charge < -0.3 is 15.0 Å². The lowest BCUT2D eigenvalue weighted by Crippen LogP contribution is -2.52. The highest BCUT2D eigenvalue weighted by molar-refractivity contribution is 5.85. The Bertz CT molecular complexity index is 372. The van der Waals surface area contributed by atoms with Crippen molar-refractivity contribution in [2.75, 3.05) is 13.1 Å². The molecule has 0 radical (unpaired) electrons. The predicted molar refractivity (Wildman–Crippen MR) is 78.4 cm³/mol. The van der Waals surface area contributed by atoms with Crippen molar-refractivity contribution in [3.05, 3.63) is 0 Å². The number of carbonyl (C=O) groups is 2. The average Bonchev–Trinajstić information content (AvgIpc) is 2.23. The van der Waals surface area contributed by atoms with E-state index >= 15 is 0 Å². The van der Waals surface area contributed by atoms with Crippen LogP contribution in [0.4, 0.5) is 4.79 Å². The third-order valence-corrected chi connectivity index (χ3v) is 3.32. The van der Waals surface area contributed by atoms with Crippen LogP contribution < -0.4 is 5.32 Å². The lowest BCUT2D eigenvalue weighted by atomic mass is 9.84. The van der Waals surface area contributed by atoms with Crippen LogP contribution in [0.15, 0.2) is 0 Å². The molecule has 0 aromatic rings. The van der Waals surface area contributed by atoms with Gasteiger partial charge in [0.15, 0.2) is 0 Å². The molecule has 20 heavy (non-hydrogen) atoms. The van der Waals surface area contributed by atoms with E-state index < -0.39 is 17.7 Å². The molecule has 1 atom stereocenters. The van der Waals surface area contributed by atoms with E-state index in [4.69, 9.17) is 4.74 Å². The van der Waals surface area contributed by atoms with Crippen molar-refractivity contribution in [1.29, 1.82) is 0 Å². The Kier molecular flexibility index (Phi) is 5.05. The van der Waals surface area contributed by atoms with Crippen LogP contribution in [0.2, 0.25) is 0 Å². The van der Waals surface area contributed by atoms with Crippen LogP contribution in [-0.4, -0.2) is 41.6 Å². The zero-order valence-corrected chi connectivity index (χ0v) is 13.6. The van der Waals surface area contributed by atoms with Crippen LogP contribution in [0.5, 0.6) is 0 Å². The number of nitrogens with zero attached hydrogens (tertiary/aromatic N) is 1. The molecule has 1 aliphatic rings. The highest BCUT2D eigenvalue weighted by Crippen LogP contribution is 2.28. The van der Waals surface area contributed by atoms with Crippen molar-refractivity contribution in [1.82, 2.24) is 10.2 Å². The third-order valence-electron chi connectivity index (χ3n) is 3.32. The van der Waals surface area contributed by atoms with Gasteiger partial charge in [0.2, 0.25) is 5.91 Å². The van der Waals surface area contributed by atoms with Crippen LogP contribution >= 0.6 is 0 Å². The molecule has 0 bridgehead atoms. The van der Waals surface area contributed by atoms with E-state index in [0.717, 1.165) is 25.9 Å². The summed E-state index contributed by atoms with van der Waals surface area (Å²) in [6.45, 7) is 12.9. The van der Waals surface area contributed by atoms with Gasteiger partial charge in [0.05, 0.1) is 0 Å². The Labute approximate surface area is 122 Å². The van der Waals surface area contributed by atoms with Crippen molar-refractivity contribution in [3.8, 4) is 0 Å². The molecular weight excluding hydrogens is 256 g/mol. The van der Waals surface area contributed by atoms with E-state index in [2.05, 4.69) is 19.2 Å². The van der Waals surface area contributed by atoms with E-state index in [1.807, 2.05) is 4.90 Å². The van der Waals surface area contributed by atoms with Crippen LogP contribution in [0.3, 0.4) is 0 Å². The second-order valence-corrected chi connectivity index (χ2v) is 7.40. The number of nitrogens with one attached hydrogen (secondary N) is 1. The van der Waals surface area contributed by atoms with Crippen molar-refractivity contribution < 1.29 is 14.3 Å². The van der Waals surface area contributed by atoms with Crippen LogP contribution in [-0.2, 0) is 9.53 Å². The lowest BCUT2D eigenvalue weighted by Gasteiger charge is -2.39. The second kappa shape index (κ2) is 6.02. The summed E-state index contributed by atoms with van der Waals surface area (Å²) in [5.74, 6) is -0.0383. The maximum absolute atomic E-state index is 12.3. The maximum Gasteiger partial charge on any atom is 0.408 e. The standard InChI is InChI=1S/C15H28N2O3/c1-11(16-13(19)20-14(2,3)4)12(18)17-9-7-8-15(5,6)10-17/h11H,7-10H2,1-6H3,(H,16,19). The normalized spacial score (nSPS) is 20.2. The van der Waals surface area contributed by atoms with Crippen LogP contribution in [0, 0.1) is 5.41 Å². The number of carbonyl (C=O) groups excluding carboxylic acids is 2. The molecule has 1 rings (SSSR count). The van der Waals surface area contributed by atoms with E-state index in [0.29, 0.717) is 0 Å². The van der Waals surface area contributed by atoms with Gasteiger partial charge in [-0.3, -0.25) is 4.79 Å². The van der Waals surface area contributed by atoms with Gasteiger partial charge in [-0.15, -0.1) is 0 Å². The molecule has 0 spiro atoms. The molecule has 116 valence electrons. The fourth-order valence-electron chi connectivity index (χ4n) is 2.43. The van der Waals surface area contributed by atoms with E-state index in [1.54, 1.807) is 27.7 Å². The van der Waals surface area contributed by atoms with E-state index in [1.165, 1.54) is 0 Å². The molecule has 1 saturated heterocycles. The van der Waals surface area contributed by atoms with Gasteiger partial charge in [-0.2, -0.15) is 0 Å². The Morgan fingerprint density at radius 2 is 1.90 bits per heavy atom. The summed E-state index contributed by atoms with van der Waals surface area (Å²) in [5, 5.41) is 2.61. The molecule has 0 aromatic carbocycles. The Hall–Kier alpha value is -1.26. The first-order valence-corrected chi connectivity index (χ1v) is 7.28. The first kappa shape index (κ1) is 16.8. The SMILES string of the molecule is CC(NC(=O)OC(C)(C)C)C(=O)N1CCCC(C)(C)C1. The summed E-state index contributed by atoms with van der Waals surface area (Å²) < 4.78 is 5.17. The molecule has 1 N–H and O–H groups in total. The molecule has 2 amide bonds. The largest absolute Gasteiger partial charge is 0.444 e. The smallest absolute Gasteiger partial charge is 0.408 e. The molecule has 1 aliphatic heterocycles. The van der Waals surface area contributed by atoms with Crippen LogP contribution in [0.1, 0.15) is 54.4 Å². The van der Waals surface area contributed by atoms with Crippen LogP contribution in [0.25, 0.3) is 0 Å². The summed E-state index contributed by atoms with van der Waals surface area (Å²) >= 11 is 0. The van der Waals surface area contributed by atoms with E-state index in [-0.39, 0.29) is 11.3 Å². The van der Waals surface area contributed by atoms with Gasteiger partial charge in [-0.1, -0.05) is 13.8 Å². The second-order valence-electron chi connectivity index (χ2n) is 7.40. The minimum atomic E-state index is -0.557. The van der Waals surface area contributed by atoms with Gasteiger partial charge in [0.25, 0.3) is 0 Å². The Morgan fingerprint density at radius 1 is 1.30 bits per heavy atom. The van der Waals surface area contributed by atoms with Gasteiger partial charge in [-0.25, -0.2) is 4.79 Å². The fourth-order valence-corrected chi connectivity index (χ4v) is 2.43. The van der Waals surface area contributed by atoms with Crippen molar-refractivity contribution >= 4 is 12.0 Å². The highest BCUT2D eigenvalue weighted by atomic mass is 16.6. The number of hydrogen-bond acceptors (Lipinski definition) is 3. The first-order chi connectivity index (χ1) is 9.00. The molecule has 0 aromatic heterocycles. The number of likely N-dealkylation sites (tertiary alicyclic amines) is 1. The number of hydrogen-bond donors (Lipinski definition) is 1. The molecule has 0 aliphatic carbocycles. The van der Waals surface area contributed by atoms with Gasteiger partial charge in [0, 0.05) is 13.1 Å². The third kappa shape index (κ3) is 5.39. The Balaban J connectivity index is 2.52. The van der Waals surface area contributed by atoms with Crippen molar-refractivity contribution in [2.24, 2.45) is 5.41 Å². The number of piperidine rings is 1. The topological polar surface area (TPSA) is 58.6 Å². The average molecular weight is 284 g/mol. The first-order valence-electron chi connectivity index (χ1n) is 7.28. The minimum absolute atomic E-state index is 0.0383. The monoisotopic (exact) mass is 284 g/mol. The minimum Gasteiger partial charge on any atom is -0.444 e. The molecule has 1 fully saturated rings. The van der Waals surface area contributed by atoms with Gasteiger partial charge in [-0.05, 0) is 46.0 Å². The van der Waals surface area contributed by atoms with Crippen molar-refractivity contribution in [3.63, 3.8) is 0 Å². The molecular formula is C15H28N2O3. The molecule has 0 saturated carbocycles. The quantitative estimate of drug-likeness (QED) is 0.847. The number of ether oxygens (including phenoxy) is 1. The summed E-state index contributed by atoms with van der Waals surface area (Å²) in [5.41, 5.74) is -0.403. The summed E-state index contributed by atoms with van der Waals surface area (Å²) in [6, 6.07) is -0.557. The zero-order chi connectivity index (χ0) is 15.6. The van der Waals surface area contributed by atoms with Gasteiger partial charge >= 0.3 is 6.09 Å². The number of alkyl carbamates (subject to hydrolysis) is 1. The zero-order valence-electron chi connectivity index (χ0n) is 13.6. The highest BCUT2D eigenvalue weighted by Gasteiger charge is 2.32. The molecule has 5 nitrogen and oxygen atoms in total. The molecule has 1 unspecified atom stereocenters. The maximum atomic E-state index is 12.3. The summed E-state index contributed by atoms with van der Waals surface area (Å²) in [6.07, 6.45) is 1.59. The summed E-state index contributed by atoms with van der Waals surface area (Å²) in [4.78, 5) is 25.9. The Morgan fingerprint density at radius 3 is 2.40 bits per heavy atom.